The van der Waals surface area contributed by atoms with Crippen molar-refractivity contribution >= 4 is 11.9 Å². The molecule has 0 aromatic rings. The van der Waals surface area contributed by atoms with Crippen molar-refractivity contribution in [2.75, 3.05) is 0 Å². The first-order valence-corrected chi connectivity index (χ1v) is 12.2. The van der Waals surface area contributed by atoms with Crippen LogP contribution in [-0.2, 0) is 14.3 Å². The molecule has 0 aromatic heterocycles. The number of carbonyl (C=O) groups is 2. The molecular formula is C26H40O4. The number of ether oxygens (including phenoxy) is 1. The molecule has 0 saturated heterocycles. The van der Waals surface area contributed by atoms with Gasteiger partial charge in [-0.2, -0.15) is 0 Å². The van der Waals surface area contributed by atoms with E-state index in [1.54, 1.807) is 0 Å². The van der Waals surface area contributed by atoms with Crippen molar-refractivity contribution in [3.63, 3.8) is 0 Å². The van der Waals surface area contributed by atoms with Gasteiger partial charge in [0.1, 0.15) is 6.10 Å². The van der Waals surface area contributed by atoms with E-state index in [4.69, 9.17) is 9.84 Å². The molecule has 30 heavy (non-hydrogen) atoms. The van der Waals surface area contributed by atoms with Crippen molar-refractivity contribution in [2.24, 2.45) is 40.4 Å². The van der Waals surface area contributed by atoms with Crippen molar-refractivity contribution < 1.29 is 19.4 Å². The first kappa shape index (κ1) is 21.9. The van der Waals surface area contributed by atoms with Crippen molar-refractivity contribution in [3.05, 3.63) is 12.2 Å². The topological polar surface area (TPSA) is 63.6 Å². The minimum Gasteiger partial charge on any atom is -0.481 e. The van der Waals surface area contributed by atoms with E-state index in [-0.39, 0.29) is 24.9 Å². The third-order valence-corrected chi connectivity index (χ3v) is 10.1. The average Bonchev–Trinajstić information content (AvgIpc) is 3.04. The Hall–Kier alpha value is -1.32. The summed E-state index contributed by atoms with van der Waals surface area (Å²) in [6, 6.07) is 0. The molecule has 0 aliphatic heterocycles. The van der Waals surface area contributed by atoms with Gasteiger partial charge in [-0.1, -0.05) is 26.0 Å². The highest BCUT2D eigenvalue weighted by Crippen LogP contribution is 2.68. The molecule has 4 nitrogen and oxygen atoms in total. The molecule has 1 N–H and O–H groups in total. The molecule has 0 amide bonds. The summed E-state index contributed by atoms with van der Waals surface area (Å²) in [6.45, 7) is 11.7. The monoisotopic (exact) mass is 416 g/mol. The maximum absolute atomic E-state index is 12.0. The van der Waals surface area contributed by atoms with Crippen molar-refractivity contribution in [1.29, 1.82) is 0 Å². The number of carboxylic acids is 1. The molecule has 8 atom stereocenters. The van der Waals surface area contributed by atoms with Gasteiger partial charge < -0.3 is 9.84 Å². The first-order chi connectivity index (χ1) is 14.1. The van der Waals surface area contributed by atoms with Gasteiger partial charge in [0.15, 0.2) is 0 Å². The van der Waals surface area contributed by atoms with E-state index in [1.165, 1.54) is 44.1 Å². The van der Waals surface area contributed by atoms with Crippen LogP contribution in [0.2, 0.25) is 0 Å². The predicted molar refractivity (Wildman–Crippen MR) is 117 cm³/mol. The van der Waals surface area contributed by atoms with Gasteiger partial charge in [0.2, 0.25) is 0 Å². The Morgan fingerprint density at radius 1 is 0.967 bits per heavy atom. The largest absolute Gasteiger partial charge is 0.481 e. The van der Waals surface area contributed by atoms with Gasteiger partial charge in [-0.05, 0) is 105 Å². The lowest BCUT2D eigenvalue weighted by atomic mass is 9.44. The van der Waals surface area contributed by atoms with Crippen LogP contribution in [0.25, 0.3) is 0 Å². The molecular weight excluding hydrogens is 376 g/mol. The highest BCUT2D eigenvalue weighted by molar-refractivity contribution is 5.76. The molecule has 4 saturated carbocycles. The number of allylic oxidation sites excluding steroid dienone is 1. The maximum Gasteiger partial charge on any atom is 0.306 e. The van der Waals surface area contributed by atoms with Crippen LogP contribution in [0.5, 0.6) is 0 Å². The van der Waals surface area contributed by atoms with E-state index >= 15 is 0 Å². The van der Waals surface area contributed by atoms with Crippen molar-refractivity contribution in [2.45, 2.75) is 97.5 Å². The Kier molecular flexibility index (Phi) is 5.83. The number of esters is 1. The fourth-order valence-corrected chi connectivity index (χ4v) is 8.59. The Bertz CT molecular complexity index is 714. The van der Waals surface area contributed by atoms with Gasteiger partial charge in [0, 0.05) is 0 Å². The molecule has 4 aliphatic rings. The summed E-state index contributed by atoms with van der Waals surface area (Å²) in [5, 5.41) is 8.78. The normalized spacial score (nSPS) is 45.0. The lowest BCUT2D eigenvalue weighted by Crippen LogP contribution is -2.54. The van der Waals surface area contributed by atoms with Gasteiger partial charge in [-0.15, -0.1) is 0 Å². The number of hydrogen-bond donors (Lipinski definition) is 1. The lowest BCUT2D eigenvalue weighted by Gasteiger charge is -2.61. The molecule has 0 radical (unpaired) electrons. The summed E-state index contributed by atoms with van der Waals surface area (Å²) < 4.78 is 5.69. The second kappa shape index (κ2) is 7.98. The minimum atomic E-state index is -0.938. The number of carboxylic acid groups (broad SMARTS) is 1. The second-order valence-corrected chi connectivity index (χ2v) is 11.5. The van der Waals surface area contributed by atoms with Crippen LogP contribution in [0, 0.1) is 40.4 Å². The van der Waals surface area contributed by atoms with E-state index in [9.17, 15) is 9.59 Å². The van der Waals surface area contributed by atoms with Crippen LogP contribution in [0.15, 0.2) is 12.2 Å². The number of carbonyl (C=O) groups excluding carboxylic acids is 1. The van der Waals surface area contributed by atoms with Gasteiger partial charge in [0.25, 0.3) is 0 Å². The number of aliphatic carboxylic acids is 1. The zero-order valence-electron chi connectivity index (χ0n) is 19.1. The van der Waals surface area contributed by atoms with E-state index in [2.05, 4.69) is 27.4 Å². The quantitative estimate of drug-likeness (QED) is 0.441. The highest BCUT2D eigenvalue weighted by atomic mass is 16.5. The number of fused-ring (bicyclic) bond motifs is 5. The van der Waals surface area contributed by atoms with Gasteiger partial charge >= 0.3 is 11.9 Å². The summed E-state index contributed by atoms with van der Waals surface area (Å²) in [4.78, 5) is 22.7. The van der Waals surface area contributed by atoms with Crippen LogP contribution < -0.4 is 0 Å². The molecule has 0 aromatic carbocycles. The number of hydrogen-bond acceptors (Lipinski definition) is 3. The summed E-state index contributed by atoms with van der Waals surface area (Å²) in [5.74, 6) is 2.56. The Morgan fingerprint density at radius 2 is 1.67 bits per heavy atom. The molecule has 4 aliphatic carbocycles. The second-order valence-electron chi connectivity index (χ2n) is 11.5. The Morgan fingerprint density at radius 3 is 2.37 bits per heavy atom. The van der Waals surface area contributed by atoms with E-state index in [0.29, 0.717) is 22.7 Å². The number of rotatable bonds is 5. The summed E-state index contributed by atoms with van der Waals surface area (Å²) >= 11 is 0. The smallest absolute Gasteiger partial charge is 0.306 e. The fourth-order valence-electron chi connectivity index (χ4n) is 8.59. The summed E-state index contributed by atoms with van der Waals surface area (Å²) in [5.41, 5.74) is 2.21. The molecule has 4 fully saturated rings. The van der Waals surface area contributed by atoms with E-state index < -0.39 is 5.97 Å². The molecule has 168 valence electrons. The fraction of sp³-hybridized carbons (Fsp3) is 0.846. The summed E-state index contributed by atoms with van der Waals surface area (Å²) in [6.07, 6.45) is 10.8. The minimum absolute atomic E-state index is 0.0113. The third kappa shape index (κ3) is 3.62. The SMILES string of the molecule is C=C(C)[C@H]1CC[C@H]2[C@@H]3CC[C@@H]4C[C@H](OC(=O)CCC(=O)O)CC[C@]4(C)[C@H]3CC[C@]12C. The molecule has 0 spiro atoms. The van der Waals surface area contributed by atoms with E-state index in [0.717, 1.165) is 37.0 Å². The van der Waals surface area contributed by atoms with Gasteiger partial charge in [-0.3, -0.25) is 9.59 Å². The maximum atomic E-state index is 12.0. The van der Waals surface area contributed by atoms with Crippen LogP contribution in [0.3, 0.4) is 0 Å². The van der Waals surface area contributed by atoms with Crippen LogP contribution >= 0.6 is 0 Å². The van der Waals surface area contributed by atoms with Gasteiger partial charge in [0.05, 0.1) is 12.8 Å². The molecule has 4 heteroatoms. The van der Waals surface area contributed by atoms with Crippen molar-refractivity contribution in [1.82, 2.24) is 0 Å². The molecule has 0 heterocycles. The van der Waals surface area contributed by atoms with Crippen molar-refractivity contribution in [3.8, 4) is 0 Å². The predicted octanol–water partition coefficient (Wildman–Crippen LogP) is 6.00. The zero-order chi connectivity index (χ0) is 21.7. The van der Waals surface area contributed by atoms with Crippen LogP contribution in [0.1, 0.15) is 91.4 Å². The molecule has 0 unspecified atom stereocenters. The average molecular weight is 417 g/mol. The molecule has 0 bridgehead atoms. The van der Waals surface area contributed by atoms with Crippen LogP contribution in [-0.4, -0.2) is 23.1 Å². The Labute approximate surface area is 181 Å². The summed E-state index contributed by atoms with van der Waals surface area (Å²) in [7, 11) is 0. The van der Waals surface area contributed by atoms with E-state index in [1.807, 2.05) is 0 Å². The zero-order valence-corrected chi connectivity index (χ0v) is 19.1. The highest BCUT2D eigenvalue weighted by Gasteiger charge is 2.60. The standard InChI is InChI=1S/C26H40O4/c1-16(2)20-7-8-21-19-6-5-17-15-18(30-24(29)10-9-23(27)28)11-13-25(17,3)22(19)12-14-26(20,21)4/h17-22H,1,5-15H2,2-4H3,(H,27,28)/t17-,18-,19+,20-,21+,22+,25+,26-/m1/s1. The van der Waals surface area contributed by atoms with Crippen LogP contribution in [0.4, 0.5) is 0 Å². The Balaban J connectivity index is 1.42. The lowest BCUT2D eigenvalue weighted by molar-refractivity contribution is -0.163. The first-order valence-electron chi connectivity index (χ1n) is 12.2. The van der Waals surface area contributed by atoms with Gasteiger partial charge in [-0.25, -0.2) is 0 Å². The third-order valence-electron chi connectivity index (χ3n) is 10.1. The molecule has 4 rings (SSSR count).